The van der Waals surface area contributed by atoms with Crippen molar-refractivity contribution in [2.45, 2.75) is 32.5 Å². The van der Waals surface area contributed by atoms with E-state index in [1.165, 1.54) is 0 Å². The number of quaternary nitrogens is 1. The van der Waals surface area contributed by atoms with E-state index < -0.39 is 6.10 Å². The molecular formula is C21H23ClNO2+. The van der Waals surface area contributed by atoms with Crippen molar-refractivity contribution < 1.29 is 14.8 Å². The summed E-state index contributed by atoms with van der Waals surface area (Å²) in [5, 5.41) is 13.3. The molecule has 0 aliphatic carbocycles. The lowest BCUT2D eigenvalue weighted by atomic mass is 10.0. The normalized spacial score (nSPS) is 13.6. The molecule has 0 spiro atoms. The van der Waals surface area contributed by atoms with Crippen LogP contribution in [0.4, 0.5) is 0 Å². The lowest BCUT2D eigenvalue weighted by Crippen LogP contribution is -2.88. The van der Waals surface area contributed by atoms with Gasteiger partial charge < -0.3 is 14.8 Å². The van der Waals surface area contributed by atoms with Crippen LogP contribution in [0.25, 0.3) is 11.3 Å². The minimum Gasteiger partial charge on any atom is -0.455 e. The van der Waals surface area contributed by atoms with Crippen molar-refractivity contribution in [1.82, 2.24) is 0 Å². The number of aliphatic hydroxyl groups is 1. The van der Waals surface area contributed by atoms with Gasteiger partial charge in [0.15, 0.2) is 5.76 Å². The maximum Gasteiger partial charge on any atom is 0.158 e. The monoisotopic (exact) mass is 356 g/mol. The Kier molecular flexibility index (Phi) is 5.59. The average molecular weight is 357 g/mol. The fourth-order valence-corrected chi connectivity index (χ4v) is 3.07. The second kappa shape index (κ2) is 7.87. The van der Waals surface area contributed by atoms with E-state index in [2.05, 4.69) is 5.32 Å². The molecule has 3 nitrogen and oxygen atoms in total. The highest BCUT2D eigenvalue weighted by Crippen LogP contribution is 2.29. The highest BCUT2D eigenvalue weighted by Gasteiger charge is 2.19. The van der Waals surface area contributed by atoms with Gasteiger partial charge >= 0.3 is 0 Å². The third-order valence-electron chi connectivity index (χ3n) is 4.52. The molecule has 2 atom stereocenters. The number of rotatable bonds is 6. The fraction of sp³-hybridized carbons (Fsp3) is 0.238. The van der Waals surface area contributed by atoms with Crippen LogP contribution in [0, 0.1) is 6.92 Å². The number of hydrogen-bond donors (Lipinski definition) is 2. The molecule has 0 saturated carbocycles. The second-order valence-corrected chi connectivity index (χ2v) is 6.74. The predicted molar refractivity (Wildman–Crippen MR) is 100 cm³/mol. The molecule has 0 saturated heterocycles. The molecular weight excluding hydrogens is 334 g/mol. The number of hydrogen-bond acceptors (Lipinski definition) is 2. The SMILES string of the molecule is Cc1c(Cl)cccc1-c1ccc(C[NH2+][C@H](C)[C@@H](O)c2ccccc2)o1. The van der Waals surface area contributed by atoms with Crippen molar-refractivity contribution in [3.8, 4) is 11.3 Å². The highest BCUT2D eigenvalue weighted by atomic mass is 35.5. The van der Waals surface area contributed by atoms with Crippen LogP contribution in [0.3, 0.4) is 0 Å². The maximum absolute atomic E-state index is 10.4. The summed E-state index contributed by atoms with van der Waals surface area (Å²) in [6, 6.07) is 19.5. The van der Waals surface area contributed by atoms with E-state index >= 15 is 0 Å². The minimum atomic E-state index is -0.509. The van der Waals surface area contributed by atoms with Crippen molar-refractivity contribution >= 4 is 11.6 Å². The van der Waals surface area contributed by atoms with Gasteiger partial charge in [-0.2, -0.15) is 0 Å². The largest absolute Gasteiger partial charge is 0.455 e. The van der Waals surface area contributed by atoms with E-state index in [4.69, 9.17) is 16.0 Å². The van der Waals surface area contributed by atoms with Gasteiger partial charge in [0.1, 0.15) is 24.5 Å². The van der Waals surface area contributed by atoms with Crippen molar-refractivity contribution in [3.63, 3.8) is 0 Å². The molecule has 4 heteroatoms. The van der Waals surface area contributed by atoms with Gasteiger partial charge in [-0.25, -0.2) is 0 Å². The zero-order valence-electron chi connectivity index (χ0n) is 14.4. The van der Waals surface area contributed by atoms with Crippen LogP contribution < -0.4 is 5.32 Å². The highest BCUT2D eigenvalue weighted by molar-refractivity contribution is 6.31. The van der Waals surface area contributed by atoms with Crippen LogP contribution >= 0.6 is 11.6 Å². The molecule has 130 valence electrons. The van der Waals surface area contributed by atoms with Crippen LogP contribution in [-0.4, -0.2) is 11.1 Å². The quantitative estimate of drug-likeness (QED) is 0.698. The topological polar surface area (TPSA) is 50.0 Å². The Morgan fingerprint density at radius 1 is 1.04 bits per heavy atom. The smallest absolute Gasteiger partial charge is 0.158 e. The molecule has 0 unspecified atom stereocenters. The first-order valence-corrected chi connectivity index (χ1v) is 8.84. The van der Waals surface area contributed by atoms with Crippen molar-refractivity contribution in [1.29, 1.82) is 0 Å². The van der Waals surface area contributed by atoms with E-state index in [1.807, 2.05) is 74.5 Å². The summed E-state index contributed by atoms with van der Waals surface area (Å²) in [6.45, 7) is 4.68. The lowest BCUT2D eigenvalue weighted by molar-refractivity contribution is -0.710. The molecule has 1 heterocycles. The molecule has 3 rings (SSSR count). The lowest BCUT2D eigenvalue weighted by Gasteiger charge is -2.17. The van der Waals surface area contributed by atoms with Crippen LogP contribution in [-0.2, 0) is 6.54 Å². The molecule has 1 aromatic heterocycles. The standard InChI is InChI=1S/C21H22ClNO2/c1-14-18(9-6-10-19(14)22)20-12-11-17(25-20)13-23-15(2)21(24)16-7-4-3-5-8-16/h3-12,15,21,23-24H,13H2,1-2H3/p+1/t15-,21-/m1/s1. The van der Waals surface area contributed by atoms with Crippen molar-refractivity contribution in [2.24, 2.45) is 0 Å². The van der Waals surface area contributed by atoms with Gasteiger partial charge in [-0.15, -0.1) is 0 Å². The first kappa shape index (κ1) is 17.7. The van der Waals surface area contributed by atoms with Gasteiger partial charge in [0.25, 0.3) is 0 Å². The fourth-order valence-electron chi connectivity index (χ4n) is 2.89. The predicted octanol–water partition coefficient (Wildman–Crippen LogP) is 4.09. The van der Waals surface area contributed by atoms with Gasteiger partial charge in [-0.1, -0.05) is 54.1 Å². The summed E-state index contributed by atoms with van der Waals surface area (Å²) in [5.41, 5.74) is 2.96. The minimum absolute atomic E-state index is 0.0313. The molecule has 0 aliphatic heterocycles. The van der Waals surface area contributed by atoms with Gasteiger partial charge in [0.05, 0.1) is 0 Å². The molecule has 3 aromatic rings. The number of halogens is 1. The number of furan rings is 1. The van der Waals surface area contributed by atoms with E-state index in [0.717, 1.165) is 33.2 Å². The Morgan fingerprint density at radius 2 is 1.80 bits per heavy atom. The third kappa shape index (κ3) is 4.13. The number of aliphatic hydroxyl groups excluding tert-OH is 1. The zero-order chi connectivity index (χ0) is 17.8. The number of benzene rings is 2. The van der Waals surface area contributed by atoms with Crippen LogP contribution in [0.5, 0.6) is 0 Å². The Balaban J connectivity index is 1.65. The summed E-state index contributed by atoms with van der Waals surface area (Å²) in [7, 11) is 0. The summed E-state index contributed by atoms with van der Waals surface area (Å²) in [5.74, 6) is 1.70. The Labute approximate surface area is 153 Å². The first-order chi connectivity index (χ1) is 12.1. The van der Waals surface area contributed by atoms with Crippen LogP contribution in [0.1, 0.15) is 29.9 Å². The van der Waals surface area contributed by atoms with E-state index in [9.17, 15) is 5.11 Å². The van der Waals surface area contributed by atoms with Crippen LogP contribution in [0.2, 0.25) is 5.02 Å². The summed E-state index contributed by atoms with van der Waals surface area (Å²) in [4.78, 5) is 0. The Hall–Kier alpha value is -2.07. The Morgan fingerprint density at radius 3 is 2.56 bits per heavy atom. The van der Waals surface area contributed by atoms with Gasteiger partial charge in [-0.3, -0.25) is 0 Å². The summed E-state index contributed by atoms with van der Waals surface area (Å²) >= 11 is 6.19. The van der Waals surface area contributed by atoms with E-state index in [0.29, 0.717) is 6.54 Å². The average Bonchev–Trinajstić information content (AvgIpc) is 3.11. The Bertz CT molecular complexity index is 829. The van der Waals surface area contributed by atoms with Crippen LogP contribution in [0.15, 0.2) is 65.1 Å². The molecule has 0 bridgehead atoms. The molecule has 3 N–H and O–H groups in total. The van der Waals surface area contributed by atoms with Crippen molar-refractivity contribution in [2.75, 3.05) is 0 Å². The second-order valence-electron chi connectivity index (χ2n) is 6.33. The zero-order valence-corrected chi connectivity index (χ0v) is 15.2. The number of nitrogens with two attached hydrogens (primary N) is 1. The molecule has 0 fully saturated rings. The third-order valence-corrected chi connectivity index (χ3v) is 4.93. The molecule has 0 aliphatic rings. The van der Waals surface area contributed by atoms with Gasteiger partial charge in [-0.05, 0) is 43.2 Å². The molecule has 2 aromatic carbocycles. The summed E-state index contributed by atoms with van der Waals surface area (Å²) in [6.07, 6.45) is -0.509. The van der Waals surface area contributed by atoms with Gasteiger partial charge in [0.2, 0.25) is 0 Å². The summed E-state index contributed by atoms with van der Waals surface area (Å²) < 4.78 is 5.97. The molecule has 0 radical (unpaired) electrons. The maximum atomic E-state index is 10.4. The van der Waals surface area contributed by atoms with Gasteiger partial charge in [0, 0.05) is 10.6 Å². The van der Waals surface area contributed by atoms with Crippen molar-refractivity contribution in [3.05, 3.63) is 82.6 Å². The first-order valence-electron chi connectivity index (χ1n) is 8.47. The van der Waals surface area contributed by atoms with E-state index in [1.54, 1.807) is 0 Å². The van der Waals surface area contributed by atoms with E-state index in [-0.39, 0.29) is 6.04 Å². The molecule has 0 amide bonds. The molecule has 25 heavy (non-hydrogen) atoms.